The van der Waals surface area contributed by atoms with E-state index in [0.717, 1.165) is 12.5 Å². The van der Waals surface area contributed by atoms with Crippen LogP contribution in [-0.4, -0.2) is 12.1 Å². The maximum atomic E-state index is 9.02. The Bertz CT molecular complexity index is 210. The van der Waals surface area contributed by atoms with Crippen LogP contribution < -0.4 is 5.32 Å². The van der Waals surface area contributed by atoms with Gasteiger partial charge in [0.25, 0.3) is 0 Å². The predicted octanol–water partition coefficient (Wildman–Crippen LogP) is 1.68. The van der Waals surface area contributed by atoms with Gasteiger partial charge < -0.3 is 0 Å². The lowest BCUT2D eigenvalue weighted by molar-refractivity contribution is 0.390. The summed E-state index contributed by atoms with van der Waals surface area (Å²) < 4.78 is 0. The van der Waals surface area contributed by atoms with Crippen molar-refractivity contribution in [2.45, 2.75) is 38.1 Å². The van der Waals surface area contributed by atoms with Crippen molar-refractivity contribution in [3.8, 4) is 6.07 Å². The average molecular weight is 164 g/mol. The molecular weight excluding hydrogens is 148 g/mol. The van der Waals surface area contributed by atoms with Crippen molar-refractivity contribution < 1.29 is 0 Å². The lowest BCUT2D eigenvalue weighted by Crippen LogP contribution is -2.44. The Hall–Kier alpha value is -0.550. The van der Waals surface area contributed by atoms with Crippen LogP contribution in [0, 0.1) is 23.2 Å². The summed E-state index contributed by atoms with van der Waals surface area (Å²) in [5, 5.41) is 12.4. The first kappa shape index (κ1) is 8.07. The summed E-state index contributed by atoms with van der Waals surface area (Å²) in [6.07, 6.45) is 5.20. The molecule has 0 aromatic rings. The van der Waals surface area contributed by atoms with Gasteiger partial charge in [0.1, 0.15) is 5.54 Å². The zero-order valence-electron chi connectivity index (χ0n) is 7.64. The molecule has 0 aromatic carbocycles. The SMILES string of the molecule is CC(C#N)(NCC1CC1)C1CC1. The fraction of sp³-hybridized carbons (Fsp3) is 0.900. The monoisotopic (exact) mass is 164 g/mol. The molecule has 0 saturated heterocycles. The fourth-order valence-electron chi connectivity index (χ4n) is 1.61. The normalized spacial score (nSPS) is 27.7. The van der Waals surface area contributed by atoms with Gasteiger partial charge in [-0.1, -0.05) is 0 Å². The third kappa shape index (κ3) is 1.61. The van der Waals surface area contributed by atoms with Crippen molar-refractivity contribution in [2.75, 3.05) is 6.54 Å². The van der Waals surface area contributed by atoms with Crippen LogP contribution in [0.15, 0.2) is 0 Å². The van der Waals surface area contributed by atoms with Crippen molar-refractivity contribution in [1.29, 1.82) is 5.26 Å². The first-order valence-corrected chi connectivity index (χ1v) is 4.91. The van der Waals surface area contributed by atoms with E-state index in [2.05, 4.69) is 11.4 Å². The van der Waals surface area contributed by atoms with E-state index in [9.17, 15) is 0 Å². The van der Waals surface area contributed by atoms with E-state index in [0.29, 0.717) is 5.92 Å². The highest BCUT2D eigenvalue weighted by Gasteiger charge is 2.42. The highest BCUT2D eigenvalue weighted by molar-refractivity contribution is 5.12. The van der Waals surface area contributed by atoms with Gasteiger partial charge in [0.15, 0.2) is 0 Å². The van der Waals surface area contributed by atoms with Crippen molar-refractivity contribution in [3.63, 3.8) is 0 Å². The highest BCUT2D eigenvalue weighted by Crippen LogP contribution is 2.39. The second-order valence-corrected chi connectivity index (χ2v) is 4.41. The third-order valence-corrected chi connectivity index (χ3v) is 3.08. The molecule has 2 aliphatic rings. The van der Waals surface area contributed by atoms with Crippen LogP contribution in [0.4, 0.5) is 0 Å². The maximum Gasteiger partial charge on any atom is 0.106 e. The van der Waals surface area contributed by atoms with E-state index in [4.69, 9.17) is 5.26 Å². The van der Waals surface area contributed by atoms with Gasteiger partial charge in [-0.2, -0.15) is 5.26 Å². The van der Waals surface area contributed by atoms with Gasteiger partial charge in [-0.15, -0.1) is 0 Å². The van der Waals surface area contributed by atoms with Gasteiger partial charge in [0.2, 0.25) is 0 Å². The number of hydrogen-bond acceptors (Lipinski definition) is 2. The largest absolute Gasteiger partial charge is 0.299 e. The molecular formula is C10H16N2. The molecule has 0 spiro atoms. The molecule has 2 aliphatic carbocycles. The summed E-state index contributed by atoms with van der Waals surface area (Å²) in [6.45, 7) is 3.10. The number of nitrogens with zero attached hydrogens (tertiary/aromatic N) is 1. The van der Waals surface area contributed by atoms with Gasteiger partial charge in [-0.25, -0.2) is 0 Å². The van der Waals surface area contributed by atoms with E-state index >= 15 is 0 Å². The summed E-state index contributed by atoms with van der Waals surface area (Å²) in [4.78, 5) is 0. The molecule has 66 valence electrons. The van der Waals surface area contributed by atoms with Crippen molar-refractivity contribution in [3.05, 3.63) is 0 Å². The van der Waals surface area contributed by atoms with Crippen LogP contribution in [0.2, 0.25) is 0 Å². The smallest absolute Gasteiger partial charge is 0.106 e. The molecule has 2 fully saturated rings. The highest BCUT2D eigenvalue weighted by atomic mass is 15.0. The van der Waals surface area contributed by atoms with E-state index in [1.54, 1.807) is 0 Å². The molecule has 0 radical (unpaired) electrons. The average Bonchev–Trinajstić information content (AvgIpc) is 2.88. The molecule has 1 atom stereocenters. The maximum absolute atomic E-state index is 9.02. The first-order valence-electron chi connectivity index (χ1n) is 4.91. The molecule has 1 unspecified atom stereocenters. The van der Waals surface area contributed by atoms with Gasteiger partial charge >= 0.3 is 0 Å². The molecule has 0 aromatic heterocycles. The second kappa shape index (κ2) is 2.74. The number of nitrogens with one attached hydrogen (secondary N) is 1. The molecule has 0 bridgehead atoms. The summed E-state index contributed by atoms with van der Waals surface area (Å²) in [7, 11) is 0. The third-order valence-electron chi connectivity index (χ3n) is 3.08. The first-order chi connectivity index (χ1) is 5.74. The zero-order valence-corrected chi connectivity index (χ0v) is 7.64. The van der Waals surface area contributed by atoms with Gasteiger partial charge in [0.05, 0.1) is 6.07 Å². The van der Waals surface area contributed by atoms with Crippen LogP contribution in [0.3, 0.4) is 0 Å². The van der Waals surface area contributed by atoms with Crippen molar-refractivity contribution in [1.82, 2.24) is 5.32 Å². The Morgan fingerprint density at radius 3 is 2.50 bits per heavy atom. The molecule has 2 nitrogen and oxygen atoms in total. The van der Waals surface area contributed by atoms with Crippen LogP contribution in [0.25, 0.3) is 0 Å². The standard InChI is InChI=1S/C10H16N2/c1-10(7-11,9-4-5-9)12-6-8-2-3-8/h8-9,12H,2-6H2,1H3. The van der Waals surface area contributed by atoms with Crippen molar-refractivity contribution in [2.24, 2.45) is 11.8 Å². The minimum Gasteiger partial charge on any atom is -0.299 e. The fourth-order valence-corrected chi connectivity index (χ4v) is 1.61. The molecule has 2 heteroatoms. The summed E-state index contributed by atoms with van der Waals surface area (Å²) in [6, 6.07) is 2.41. The summed E-state index contributed by atoms with van der Waals surface area (Å²) in [5.41, 5.74) is -0.220. The number of hydrogen-bond donors (Lipinski definition) is 1. The van der Waals surface area contributed by atoms with Gasteiger partial charge in [-0.05, 0) is 51.0 Å². The van der Waals surface area contributed by atoms with Gasteiger partial charge in [-0.3, -0.25) is 5.32 Å². The Kier molecular flexibility index (Phi) is 1.84. The van der Waals surface area contributed by atoms with E-state index in [1.165, 1.54) is 25.7 Å². The van der Waals surface area contributed by atoms with Crippen LogP contribution in [-0.2, 0) is 0 Å². The van der Waals surface area contributed by atoms with Gasteiger partial charge in [0, 0.05) is 0 Å². The Balaban J connectivity index is 1.83. The molecule has 0 heterocycles. The molecule has 0 amide bonds. The van der Waals surface area contributed by atoms with Crippen LogP contribution in [0.5, 0.6) is 0 Å². The Labute approximate surface area is 74.0 Å². The van der Waals surface area contributed by atoms with E-state index in [-0.39, 0.29) is 5.54 Å². The van der Waals surface area contributed by atoms with E-state index in [1.807, 2.05) is 6.92 Å². The van der Waals surface area contributed by atoms with E-state index < -0.39 is 0 Å². The van der Waals surface area contributed by atoms with Crippen molar-refractivity contribution >= 4 is 0 Å². The molecule has 0 aliphatic heterocycles. The molecule has 2 rings (SSSR count). The number of nitriles is 1. The lowest BCUT2D eigenvalue weighted by atomic mass is 9.98. The summed E-state index contributed by atoms with van der Waals surface area (Å²) in [5.74, 6) is 1.50. The Morgan fingerprint density at radius 2 is 2.08 bits per heavy atom. The molecule has 2 saturated carbocycles. The van der Waals surface area contributed by atoms with Crippen LogP contribution in [0.1, 0.15) is 32.6 Å². The topological polar surface area (TPSA) is 35.8 Å². The van der Waals surface area contributed by atoms with Crippen LogP contribution >= 0.6 is 0 Å². The quantitative estimate of drug-likeness (QED) is 0.686. The molecule has 1 N–H and O–H groups in total. The summed E-state index contributed by atoms with van der Waals surface area (Å²) >= 11 is 0. The number of rotatable bonds is 4. The Morgan fingerprint density at radius 1 is 1.42 bits per heavy atom. The predicted molar refractivity (Wildman–Crippen MR) is 47.5 cm³/mol. The minimum absolute atomic E-state index is 0.220. The molecule has 12 heavy (non-hydrogen) atoms. The zero-order chi connectivity index (χ0) is 8.60. The lowest BCUT2D eigenvalue weighted by Gasteiger charge is -2.22. The minimum atomic E-state index is -0.220. The second-order valence-electron chi connectivity index (χ2n) is 4.41.